The number of likely N-dealkylation sites (N-methyl/N-ethyl adjacent to an activating group) is 1. The first-order valence-electron chi connectivity index (χ1n) is 10.8. The van der Waals surface area contributed by atoms with Crippen molar-refractivity contribution in [2.45, 2.75) is 32.4 Å². The van der Waals surface area contributed by atoms with Crippen molar-refractivity contribution in [2.24, 2.45) is 0 Å². The lowest BCUT2D eigenvalue weighted by Gasteiger charge is -2.32. The lowest BCUT2D eigenvalue weighted by molar-refractivity contribution is -0.880. The van der Waals surface area contributed by atoms with E-state index in [1.165, 1.54) is 11.0 Å². The number of aromatic nitrogens is 1. The highest BCUT2D eigenvalue weighted by Crippen LogP contribution is 2.25. The van der Waals surface area contributed by atoms with E-state index in [-0.39, 0.29) is 17.1 Å². The van der Waals surface area contributed by atoms with E-state index in [9.17, 15) is 14.0 Å². The molecule has 1 amide bonds. The summed E-state index contributed by atoms with van der Waals surface area (Å²) in [5, 5.41) is 3.04. The van der Waals surface area contributed by atoms with Crippen LogP contribution in [0, 0.1) is 5.82 Å². The Kier molecular flexibility index (Phi) is 6.06. The second-order valence-corrected chi connectivity index (χ2v) is 8.27. The Morgan fingerprint density at radius 2 is 2.10 bits per heavy atom. The van der Waals surface area contributed by atoms with Crippen LogP contribution in [0.25, 0.3) is 10.9 Å². The lowest BCUT2D eigenvalue weighted by Crippen LogP contribution is -3.12. The molecule has 0 unspecified atom stereocenters. The van der Waals surface area contributed by atoms with Crippen molar-refractivity contribution in [1.82, 2.24) is 9.88 Å². The standard InChI is InChI=1S/C22H29FN4O3/c1-3-26-14-17(22(29)24-13-15-5-4-10-30-15)21(28)16-11-18(23)20(12-19(16)26)27-8-6-25(2)7-9-27/h11-12,14-15H,3-10,13H2,1-2H3,(H,24,29)/p+1/t15-/m1/s1. The maximum Gasteiger partial charge on any atom is 0.256 e. The van der Waals surface area contributed by atoms with Gasteiger partial charge in [-0.25, -0.2) is 4.39 Å². The van der Waals surface area contributed by atoms with E-state index in [1.807, 2.05) is 16.4 Å². The van der Waals surface area contributed by atoms with Gasteiger partial charge in [0, 0.05) is 31.3 Å². The fraction of sp³-hybridized carbons (Fsp3) is 0.545. The number of pyridine rings is 1. The quantitative estimate of drug-likeness (QED) is 0.739. The minimum absolute atomic E-state index is 0.00626. The van der Waals surface area contributed by atoms with Crippen molar-refractivity contribution in [3.05, 3.63) is 39.9 Å². The minimum atomic E-state index is -0.439. The van der Waals surface area contributed by atoms with Crippen LogP contribution in [0.2, 0.25) is 0 Å². The molecule has 7 nitrogen and oxygen atoms in total. The molecule has 4 rings (SSSR count). The number of carbonyl (C=O) groups is 1. The maximum atomic E-state index is 15.0. The molecule has 2 aromatic rings. The van der Waals surface area contributed by atoms with Crippen LogP contribution in [0.1, 0.15) is 30.1 Å². The monoisotopic (exact) mass is 417 g/mol. The summed E-state index contributed by atoms with van der Waals surface area (Å²) in [6.45, 7) is 7.03. The molecule has 1 aromatic carbocycles. The SMILES string of the molecule is CCn1cc(C(=O)NC[C@H]2CCCO2)c(=O)c2cc(F)c(N3CC[NH+](C)CC3)cc21. The van der Waals surface area contributed by atoms with Gasteiger partial charge in [0.05, 0.1) is 50.5 Å². The molecule has 3 heterocycles. The summed E-state index contributed by atoms with van der Waals surface area (Å²) < 4.78 is 22.4. The first-order valence-corrected chi connectivity index (χ1v) is 10.8. The number of nitrogens with one attached hydrogen (secondary N) is 2. The third-order valence-corrected chi connectivity index (χ3v) is 6.21. The Morgan fingerprint density at radius 3 is 2.77 bits per heavy atom. The Hall–Kier alpha value is -2.45. The molecule has 2 fully saturated rings. The molecule has 0 radical (unpaired) electrons. The van der Waals surface area contributed by atoms with Crippen LogP contribution < -0.4 is 20.5 Å². The van der Waals surface area contributed by atoms with Crippen molar-refractivity contribution in [2.75, 3.05) is 51.3 Å². The van der Waals surface area contributed by atoms with Crippen LogP contribution in [-0.2, 0) is 11.3 Å². The Bertz CT molecular complexity index is 992. The van der Waals surface area contributed by atoms with Gasteiger partial charge in [-0.1, -0.05) is 0 Å². The van der Waals surface area contributed by atoms with Gasteiger partial charge >= 0.3 is 0 Å². The molecule has 2 saturated heterocycles. The highest BCUT2D eigenvalue weighted by Gasteiger charge is 2.23. The Balaban J connectivity index is 1.67. The number of piperazine rings is 1. The fourth-order valence-corrected chi connectivity index (χ4v) is 4.30. The topological polar surface area (TPSA) is 68.0 Å². The lowest BCUT2D eigenvalue weighted by atomic mass is 10.1. The Morgan fingerprint density at radius 1 is 1.33 bits per heavy atom. The molecule has 0 aliphatic carbocycles. The number of rotatable bonds is 5. The van der Waals surface area contributed by atoms with Crippen LogP contribution in [-0.4, -0.2) is 63.0 Å². The predicted molar refractivity (Wildman–Crippen MR) is 114 cm³/mol. The number of hydrogen-bond donors (Lipinski definition) is 2. The maximum absolute atomic E-state index is 15.0. The second-order valence-electron chi connectivity index (χ2n) is 8.27. The summed E-state index contributed by atoms with van der Waals surface area (Å²) in [6.07, 6.45) is 3.47. The summed E-state index contributed by atoms with van der Waals surface area (Å²) >= 11 is 0. The number of nitrogens with zero attached hydrogens (tertiary/aromatic N) is 2. The smallest absolute Gasteiger partial charge is 0.256 e. The average Bonchev–Trinajstić information content (AvgIpc) is 3.27. The zero-order valence-electron chi connectivity index (χ0n) is 17.7. The molecule has 8 heteroatoms. The summed E-state index contributed by atoms with van der Waals surface area (Å²) in [7, 11) is 2.13. The molecule has 1 atom stereocenters. The van der Waals surface area contributed by atoms with E-state index < -0.39 is 17.2 Å². The van der Waals surface area contributed by atoms with Gasteiger partial charge in [0.2, 0.25) is 5.43 Å². The van der Waals surface area contributed by atoms with E-state index >= 15 is 0 Å². The van der Waals surface area contributed by atoms with E-state index in [4.69, 9.17) is 4.74 Å². The van der Waals surface area contributed by atoms with Gasteiger partial charge in [-0.05, 0) is 31.9 Å². The predicted octanol–water partition coefficient (Wildman–Crippen LogP) is 0.404. The fourth-order valence-electron chi connectivity index (χ4n) is 4.30. The number of halogens is 1. The van der Waals surface area contributed by atoms with Gasteiger partial charge < -0.3 is 24.4 Å². The second kappa shape index (κ2) is 8.73. The molecule has 162 valence electrons. The molecule has 2 N–H and O–H groups in total. The van der Waals surface area contributed by atoms with Crippen molar-refractivity contribution in [3.63, 3.8) is 0 Å². The van der Waals surface area contributed by atoms with Gasteiger partial charge in [-0.15, -0.1) is 0 Å². The highest BCUT2D eigenvalue weighted by atomic mass is 19.1. The van der Waals surface area contributed by atoms with Crippen LogP contribution >= 0.6 is 0 Å². The molecular formula is C22H30FN4O3+. The molecule has 0 bridgehead atoms. The zero-order valence-corrected chi connectivity index (χ0v) is 17.7. The van der Waals surface area contributed by atoms with Crippen LogP contribution in [0.3, 0.4) is 0 Å². The summed E-state index contributed by atoms with van der Waals surface area (Å²) in [4.78, 5) is 29.2. The third kappa shape index (κ3) is 4.06. The van der Waals surface area contributed by atoms with Gasteiger partial charge in [0.25, 0.3) is 5.91 Å². The number of quaternary nitrogens is 1. The summed E-state index contributed by atoms with van der Waals surface area (Å²) in [5.41, 5.74) is 0.776. The van der Waals surface area contributed by atoms with Gasteiger partial charge in [-0.3, -0.25) is 9.59 Å². The number of benzene rings is 1. The minimum Gasteiger partial charge on any atom is -0.376 e. The highest BCUT2D eigenvalue weighted by molar-refractivity contribution is 5.97. The molecule has 0 spiro atoms. The molecule has 2 aliphatic heterocycles. The van der Waals surface area contributed by atoms with Gasteiger partial charge in [0.15, 0.2) is 0 Å². The largest absolute Gasteiger partial charge is 0.376 e. The number of aryl methyl sites for hydroxylation is 1. The average molecular weight is 418 g/mol. The van der Waals surface area contributed by atoms with Crippen LogP contribution in [0.15, 0.2) is 23.1 Å². The number of amides is 1. The van der Waals surface area contributed by atoms with E-state index in [0.717, 1.165) is 39.0 Å². The summed E-state index contributed by atoms with van der Waals surface area (Å²) in [5.74, 6) is -0.857. The summed E-state index contributed by atoms with van der Waals surface area (Å²) in [6, 6.07) is 3.05. The zero-order chi connectivity index (χ0) is 21.3. The van der Waals surface area contributed by atoms with E-state index in [2.05, 4.69) is 12.4 Å². The molecule has 30 heavy (non-hydrogen) atoms. The number of hydrogen-bond acceptors (Lipinski definition) is 4. The van der Waals surface area contributed by atoms with E-state index in [1.54, 1.807) is 12.3 Å². The van der Waals surface area contributed by atoms with Crippen molar-refractivity contribution < 1.29 is 18.8 Å². The van der Waals surface area contributed by atoms with E-state index in [0.29, 0.717) is 30.9 Å². The number of anilines is 1. The Labute approximate surface area is 175 Å². The van der Waals surface area contributed by atoms with Crippen LogP contribution in [0.5, 0.6) is 0 Å². The number of fused-ring (bicyclic) bond motifs is 1. The van der Waals surface area contributed by atoms with Gasteiger partial charge in [0.1, 0.15) is 11.4 Å². The molecule has 0 saturated carbocycles. The van der Waals surface area contributed by atoms with Crippen molar-refractivity contribution in [1.29, 1.82) is 0 Å². The number of ether oxygens (including phenoxy) is 1. The molecular weight excluding hydrogens is 387 g/mol. The molecule has 2 aliphatic rings. The first kappa shape index (κ1) is 20.8. The van der Waals surface area contributed by atoms with Crippen molar-refractivity contribution in [3.8, 4) is 0 Å². The third-order valence-electron chi connectivity index (χ3n) is 6.21. The number of carbonyl (C=O) groups excluding carboxylic acids is 1. The first-order chi connectivity index (χ1) is 14.5. The van der Waals surface area contributed by atoms with Gasteiger partial charge in [-0.2, -0.15) is 0 Å². The van der Waals surface area contributed by atoms with Crippen LogP contribution in [0.4, 0.5) is 10.1 Å². The molecule has 1 aromatic heterocycles. The van der Waals surface area contributed by atoms with Crippen molar-refractivity contribution >= 4 is 22.5 Å². The normalized spacial score (nSPS) is 20.1.